The third-order valence-electron chi connectivity index (χ3n) is 1.50. The highest BCUT2D eigenvalue weighted by atomic mass is 16.5. The van der Waals surface area contributed by atoms with Gasteiger partial charge in [0.2, 0.25) is 0 Å². The maximum atomic E-state index is 10.2. The number of aldehydes is 1. The molecule has 0 bridgehead atoms. The monoisotopic (exact) mass is 114 g/mol. The molecule has 0 aliphatic carbocycles. The topological polar surface area (TPSA) is 26.3 Å². The van der Waals surface area contributed by atoms with Gasteiger partial charge in [0.05, 0.1) is 0 Å². The van der Waals surface area contributed by atoms with Crippen LogP contribution in [0.3, 0.4) is 0 Å². The van der Waals surface area contributed by atoms with Crippen LogP contribution in [0.5, 0.6) is 0 Å². The first-order chi connectivity index (χ1) is 3.77. The molecule has 0 aromatic carbocycles. The fourth-order valence-corrected chi connectivity index (χ4v) is 0.894. The molecule has 0 saturated carbocycles. The average Bonchev–Trinajstić information content (AvgIpc) is 2.17. The maximum absolute atomic E-state index is 10.2. The summed E-state index contributed by atoms with van der Waals surface area (Å²) >= 11 is 0. The molecule has 0 amide bonds. The van der Waals surface area contributed by atoms with Gasteiger partial charge in [-0.25, -0.2) is 0 Å². The minimum atomic E-state index is -0.444. The van der Waals surface area contributed by atoms with Gasteiger partial charge in [0, 0.05) is 6.61 Å². The molecule has 1 heterocycles. The Morgan fingerprint density at radius 2 is 2.50 bits per heavy atom. The number of rotatable bonds is 1. The van der Waals surface area contributed by atoms with Crippen LogP contribution in [0, 0.1) is 0 Å². The minimum Gasteiger partial charge on any atom is -0.368 e. The zero-order valence-corrected chi connectivity index (χ0v) is 5.02. The molecule has 1 aliphatic heterocycles. The summed E-state index contributed by atoms with van der Waals surface area (Å²) in [7, 11) is 0. The van der Waals surface area contributed by atoms with E-state index >= 15 is 0 Å². The predicted molar refractivity (Wildman–Crippen MR) is 29.7 cm³/mol. The van der Waals surface area contributed by atoms with Crippen molar-refractivity contribution in [2.45, 2.75) is 25.4 Å². The largest absolute Gasteiger partial charge is 0.368 e. The molecule has 1 aliphatic rings. The van der Waals surface area contributed by atoms with Gasteiger partial charge in [0.25, 0.3) is 0 Å². The first kappa shape index (κ1) is 5.76. The van der Waals surface area contributed by atoms with Crippen molar-refractivity contribution in [3.63, 3.8) is 0 Å². The van der Waals surface area contributed by atoms with Crippen LogP contribution in [0.2, 0.25) is 0 Å². The molecule has 0 spiro atoms. The molecule has 2 heteroatoms. The molecule has 0 aromatic rings. The number of ether oxygens (including phenoxy) is 1. The van der Waals surface area contributed by atoms with Crippen molar-refractivity contribution >= 4 is 6.29 Å². The molecule has 1 rings (SSSR count). The van der Waals surface area contributed by atoms with E-state index in [0.717, 1.165) is 25.7 Å². The van der Waals surface area contributed by atoms with Gasteiger partial charge in [-0.05, 0) is 19.8 Å². The van der Waals surface area contributed by atoms with E-state index in [-0.39, 0.29) is 0 Å². The summed E-state index contributed by atoms with van der Waals surface area (Å²) in [5.74, 6) is 0. The van der Waals surface area contributed by atoms with E-state index in [4.69, 9.17) is 4.74 Å². The van der Waals surface area contributed by atoms with Crippen LogP contribution in [0.4, 0.5) is 0 Å². The van der Waals surface area contributed by atoms with Crippen molar-refractivity contribution in [2.24, 2.45) is 0 Å². The molecule has 46 valence electrons. The van der Waals surface area contributed by atoms with Gasteiger partial charge >= 0.3 is 0 Å². The lowest BCUT2D eigenvalue weighted by Gasteiger charge is -2.12. The molecular weight excluding hydrogens is 104 g/mol. The lowest BCUT2D eigenvalue weighted by atomic mass is 10.1. The fourth-order valence-electron chi connectivity index (χ4n) is 0.894. The second-order valence-corrected chi connectivity index (χ2v) is 2.38. The van der Waals surface area contributed by atoms with Gasteiger partial charge in [-0.1, -0.05) is 0 Å². The number of carbonyl (C=O) groups is 1. The zero-order valence-electron chi connectivity index (χ0n) is 5.02. The Morgan fingerprint density at radius 3 is 2.75 bits per heavy atom. The molecule has 1 saturated heterocycles. The van der Waals surface area contributed by atoms with Crippen molar-refractivity contribution in [3.05, 3.63) is 0 Å². The van der Waals surface area contributed by atoms with Crippen molar-refractivity contribution in [2.75, 3.05) is 6.61 Å². The Kier molecular flexibility index (Phi) is 1.34. The third-order valence-corrected chi connectivity index (χ3v) is 1.50. The SMILES string of the molecule is C[C@@]1(C=O)CCCO1. The highest BCUT2D eigenvalue weighted by Crippen LogP contribution is 2.21. The van der Waals surface area contributed by atoms with Crippen LogP contribution in [0.1, 0.15) is 19.8 Å². The van der Waals surface area contributed by atoms with Crippen molar-refractivity contribution in [1.82, 2.24) is 0 Å². The van der Waals surface area contributed by atoms with Gasteiger partial charge in [-0.3, -0.25) is 0 Å². The number of hydrogen-bond acceptors (Lipinski definition) is 2. The number of carbonyl (C=O) groups excluding carboxylic acids is 1. The Morgan fingerprint density at radius 1 is 1.75 bits per heavy atom. The molecular formula is C6H10O2. The molecule has 0 aromatic heterocycles. The van der Waals surface area contributed by atoms with Crippen molar-refractivity contribution in [1.29, 1.82) is 0 Å². The Hall–Kier alpha value is -0.370. The van der Waals surface area contributed by atoms with Gasteiger partial charge in [-0.15, -0.1) is 0 Å². The van der Waals surface area contributed by atoms with E-state index in [2.05, 4.69) is 0 Å². The first-order valence-corrected chi connectivity index (χ1v) is 2.87. The maximum Gasteiger partial charge on any atom is 0.151 e. The van der Waals surface area contributed by atoms with Gasteiger partial charge < -0.3 is 9.53 Å². The molecule has 0 radical (unpaired) electrons. The Bertz CT molecular complexity index is 92.7. The molecule has 1 fully saturated rings. The summed E-state index contributed by atoms with van der Waals surface area (Å²) in [6.07, 6.45) is 2.80. The quantitative estimate of drug-likeness (QED) is 0.470. The van der Waals surface area contributed by atoms with E-state index in [1.54, 1.807) is 0 Å². The standard InChI is InChI=1S/C6H10O2/c1-6(5-7)3-2-4-8-6/h5H,2-4H2,1H3/t6-/m0/s1. The van der Waals surface area contributed by atoms with Crippen LogP contribution in [-0.4, -0.2) is 18.5 Å². The van der Waals surface area contributed by atoms with Gasteiger partial charge in [0.1, 0.15) is 5.60 Å². The summed E-state index contributed by atoms with van der Waals surface area (Å²) in [4.78, 5) is 10.2. The van der Waals surface area contributed by atoms with Crippen LogP contribution in [0.25, 0.3) is 0 Å². The summed E-state index contributed by atoms with van der Waals surface area (Å²) in [5, 5.41) is 0. The fraction of sp³-hybridized carbons (Fsp3) is 0.833. The van der Waals surface area contributed by atoms with Crippen LogP contribution in [-0.2, 0) is 9.53 Å². The highest BCUT2D eigenvalue weighted by molar-refractivity contribution is 5.62. The smallest absolute Gasteiger partial charge is 0.151 e. The van der Waals surface area contributed by atoms with E-state index in [9.17, 15) is 4.79 Å². The first-order valence-electron chi connectivity index (χ1n) is 2.87. The van der Waals surface area contributed by atoms with E-state index in [0.29, 0.717) is 0 Å². The third kappa shape index (κ3) is 0.892. The Balaban J connectivity index is 2.52. The normalized spacial score (nSPS) is 37.6. The lowest BCUT2D eigenvalue weighted by molar-refractivity contribution is -0.123. The van der Waals surface area contributed by atoms with Crippen molar-refractivity contribution in [3.8, 4) is 0 Å². The summed E-state index contributed by atoms with van der Waals surface area (Å²) in [6.45, 7) is 2.57. The predicted octanol–water partition coefficient (Wildman–Crippen LogP) is 0.754. The molecule has 2 nitrogen and oxygen atoms in total. The van der Waals surface area contributed by atoms with E-state index < -0.39 is 5.60 Å². The average molecular weight is 114 g/mol. The summed E-state index contributed by atoms with van der Waals surface area (Å²) in [5.41, 5.74) is -0.444. The lowest BCUT2D eigenvalue weighted by Crippen LogP contribution is -2.23. The molecule has 0 unspecified atom stereocenters. The summed E-state index contributed by atoms with van der Waals surface area (Å²) < 4.78 is 5.12. The van der Waals surface area contributed by atoms with Crippen LogP contribution < -0.4 is 0 Å². The van der Waals surface area contributed by atoms with E-state index in [1.807, 2.05) is 6.92 Å². The zero-order chi connectivity index (χ0) is 6.04. The van der Waals surface area contributed by atoms with Crippen molar-refractivity contribution < 1.29 is 9.53 Å². The molecule has 0 N–H and O–H groups in total. The molecule has 1 atom stereocenters. The second-order valence-electron chi connectivity index (χ2n) is 2.38. The van der Waals surface area contributed by atoms with Crippen LogP contribution >= 0.6 is 0 Å². The van der Waals surface area contributed by atoms with Gasteiger partial charge in [-0.2, -0.15) is 0 Å². The second kappa shape index (κ2) is 1.86. The summed E-state index contributed by atoms with van der Waals surface area (Å²) in [6, 6.07) is 0. The highest BCUT2D eigenvalue weighted by Gasteiger charge is 2.28. The minimum absolute atomic E-state index is 0.444. The van der Waals surface area contributed by atoms with Crippen LogP contribution in [0.15, 0.2) is 0 Å². The van der Waals surface area contributed by atoms with E-state index in [1.165, 1.54) is 0 Å². The molecule has 8 heavy (non-hydrogen) atoms. The Labute approximate surface area is 48.8 Å². The van der Waals surface area contributed by atoms with Gasteiger partial charge in [0.15, 0.2) is 6.29 Å². The number of hydrogen-bond donors (Lipinski definition) is 0.